The molecule has 0 fully saturated rings. The van der Waals surface area contributed by atoms with Crippen LogP contribution >= 0.6 is 34.5 Å². The second-order valence-electron chi connectivity index (χ2n) is 4.91. The van der Waals surface area contributed by atoms with Crippen LogP contribution in [0.15, 0.2) is 18.2 Å². The van der Waals surface area contributed by atoms with Gasteiger partial charge in [0.2, 0.25) is 0 Å². The van der Waals surface area contributed by atoms with Gasteiger partial charge < -0.3 is 0 Å². The van der Waals surface area contributed by atoms with Gasteiger partial charge in [-0.3, -0.25) is 0 Å². The lowest BCUT2D eigenvalue weighted by Gasteiger charge is -2.00. The number of rotatable bonds is 2. The Labute approximate surface area is 141 Å². The number of aromatic nitrogens is 3. The minimum atomic E-state index is -0.443. The maximum Gasteiger partial charge on any atom is 0.186 e. The lowest BCUT2D eigenvalue weighted by molar-refractivity contribution is 0.629. The molecule has 0 bridgehead atoms. The van der Waals surface area contributed by atoms with Crippen molar-refractivity contribution in [2.75, 3.05) is 0 Å². The van der Waals surface area contributed by atoms with Gasteiger partial charge in [0.15, 0.2) is 11.6 Å². The van der Waals surface area contributed by atoms with E-state index < -0.39 is 5.82 Å². The van der Waals surface area contributed by atoms with Crippen LogP contribution in [0.4, 0.5) is 4.39 Å². The normalized spacial score (nSPS) is 11.2. The molecule has 2 aromatic heterocycles. The molecule has 0 saturated heterocycles. The van der Waals surface area contributed by atoms with Crippen molar-refractivity contribution in [1.82, 2.24) is 14.8 Å². The van der Waals surface area contributed by atoms with Gasteiger partial charge in [0.25, 0.3) is 0 Å². The molecule has 22 heavy (non-hydrogen) atoms. The van der Waals surface area contributed by atoms with Crippen molar-refractivity contribution in [1.29, 1.82) is 0 Å². The van der Waals surface area contributed by atoms with Gasteiger partial charge in [-0.2, -0.15) is 5.10 Å². The first-order chi connectivity index (χ1) is 10.4. The van der Waals surface area contributed by atoms with E-state index >= 15 is 0 Å². The third kappa shape index (κ3) is 2.43. The molecule has 3 nitrogen and oxygen atoms in total. The maximum absolute atomic E-state index is 14.0. The van der Waals surface area contributed by atoms with E-state index in [1.807, 2.05) is 13.8 Å². The summed E-state index contributed by atoms with van der Waals surface area (Å²) >= 11 is 13.9. The Bertz CT molecular complexity index is 850. The molecule has 3 rings (SSSR count). The Morgan fingerprint density at radius 2 is 1.95 bits per heavy atom. The van der Waals surface area contributed by atoms with E-state index in [-0.39, 0.29) is 16.4 Å². The molecule has 0 aliphatic heterocycles. The highest BCUT2D eigenvalue weighted by Crippen LogP contribution is 2.39. The molecule has 0 saturated carbocycles. The molecule has 0 atom stereocenters. The zero-order valence-electron chi connectivity index (χ0n) is 12.1. The van der Waals surface area contributed by atoms with Gasteiger partial charge in [-0.05, 0) is 31.5 Å². The highest BCUT2D eigenvalue weighted by Gasteiger charge is 2.20. The first-order valence-corrected chi connectivity index (χ1v) is 8.08. The molecule has 114 valence electrons. The fourth-order valence-electron chi connectivity index (χ4n) is 2.25. The van der Waals surface area contributed by atoms with Crippen LogP contribution in [0, 0.1) is 19.7 Å². The van der Waals surface area contributed by atoms with Crippen molar-refractivity contribution in [2.45, 2.75) is 13.8 Å². The summed E-state index contributed by atoms with van der Waals surface area (Å²) in [6, 6.07) is 4.51. The largest absolute Gasteiger partial charge is 0.248 e. The summed E-state index contributed by atoms with van der Waals surface area (Å²) < 4.78 is 15.7. The number of benzene rings is 1. The number of nitrogens with zero attached hydrogens (tertiary/aromatic N) is 3. The van der Waals surface area contributed by atoms with Crippen molar-refractivity contribution in [2.24, 2.45) is 7.05 Å². The Kier molecular flexibility index (Phi) is 3.97. The van der Waals surface area contributed by atoms with E-state index in [1.54, 1.807) is 35.2 Å². The number of hydrogen-bond donors (Lipinski definition) is 0. The molecule has 0 N–H and O–H groups in total. The second-order valence-corrected chi connectivity index (χ2v) is 6.92. The molecule has 7 heteroatoms. The summed E-state index contributed by atoms with van der Waals surface area (Å²) in [5.41, 5.74) is 1.16. The first kappa shape index (κ1) is 15.5. The van der Waals surface area contributed by atoms with Crippen LogP contribution in [0.1, 0.15) is 10.4 Å². The minimum absolute atomic E-state index is 0.211. The molecule has 0 radical (unpaired) electrons. The quantitative estimate of drug-likeness (QED) is 0.626. The Morgan fingerprint density at radius 3 is 2.55 bits per heavy atom. The molecule has 1 aromatic carbocycles. The van der Waals surface area contributed by atoms with Crippen molar-refractivity contribution in [3.63, 3.8) is 0 Å². The zero-order valence-corrected chi connectivity index (χ0v) is 14.4. The number of halogens is 3. The lowest BCUT2D eigenvalue weighted by Crippen LogP contribution is -1.94. The maximum atomic E-state index is 14.0. The standard InChI is InChI=1S/C15H12Cl2FN3S/c1-7-12(17)8(2)22-13(7)15-19-14(20-21(15)3)11-9(16)5-4-6-10(11)18/h4-6H,1-3H3. The van der Waals surface area contributed by atoms with Gasteiger partial charge >= 0.3 is 0 Å². The number of thiophene rings is 1. The molecule has 0 spiro atoms. The van der Waals surface area contributed by atoms with Gasteiger partial charge in [-0.1, -0.05) is 29.3 Å². The van der Waals surface area contributed by atoms with Crippen molar-refractivity contribution >= 4 is 34.5 Å². The third-order valence-corrected chi connectivity index (χ3v) is 5.58. The Morgan fingerprint density at radius 1 is 1.23 bits per heavy atom. The van der Waals surface area contributed by atoms with Crippen molar-refractivity contribution in [3.8, 4) is 22.1 Å². The van der Waals surface area contributed by atoms with E-state index in [9.17, 15) is 4.39 Å². The van der Waals surface area contributed by atoms with Crippen LogP contribution in [0.5, 0.6) is 0 Å². The molecule has 2 heterocycles. The first-order valence-electron chi connectivity index (χ1n) is 6.51. The summed E-state index contributed by atoms with van der Waals surface area (Å²) in [7, 11) is 1.77. The number of aryl methyl sites for hydroxylation is 2. The average Bonchev–Trinajstić information content (AvgIpc) is 2.94. The average molecular weight is 356 g/mol. The van der Waals surface area contributed by atoms with Crippen LogP contribution in [-0.2, 0) is 7.05 Å². The summed E-state index contributed by atoms with van der Waals surface area (Å²) in [6.07, 6.45) is 0. The minimum Gasteiger partial charge on any atom is -0.248 e. The van der Waals surface area contributed by atoms with E-state index in [0.717, 1.165) is 20.3 Å². The Hall–Kier alpha value is -1.43. The van der Waals surface area contributed by atoms with Gasteiger partial charge in [-0.25, -0.2) is 14.1 Å². The van der Waals surface area contributed by atoms with Gasteiger partial charge in [0.1, 0.15) is 5.82 Å². The highest BCUT2D eigenvalue weighted by atomic mass is 35.5. The van der Waals surface area contributed by atoms with Gasteiger partial charge in [-0.15, -0.1) is 11.3 Å². The zero-order chi connectivity index (χ0) is 16.0. The van der Waals surface area contributed by atoms with Crippen LogP contribution in [0.3, 0.4) is 0 Å². The molecule has 0 amide bonds. The highest BCUT2D eigenvalue weighted by molar-refractivity contribution is 7.16. The fourth-order valence-corrected chi connectivity index (χ4v) is 3.84. The van der Waals surface area contributed by atoms with Crippen LogP contribution in [-0.4, -0.2) is 14.8 Å². The van der Waals surface area contributed by atoms with Crippen molar-refractivity contribution < 1.29 is 4.39 Å². The van der Waals surface area contributed by atoms with E-state index in [4.69, 9.17) is 23.2 Å². The summed E-state index contributed by atoms with van der Waals surface area (Å²) in [4.78, 5) is 6.41. The fraction of sp³-hybridized carbons (Fsp3) is 0.200. The lowest BCUT2D eigenvalue weighted by atomic mass is 10.2. The number of hydrogen-bond acceptors (Lipinski definition) is 3. The third-order valence-electron chi connectivity index (χ3n) is 3.39. The summed E-state index contributed by atoms with van der Waals surface area (Å²) in [5, 5.41) is 5.32. The molecular formula is C15H12Cl2FN3S. The summed E-state index contributed by atoms with van der Waals surface area (Å²) in [6.45, 7) is 3.89. The van der Waals surface area contributed by atoms with Crippen LogP contribution < -0.4 is 0 Å². The topological polar surface area (TPSA) is 30.7 Å². The van der Waals surface area contributed by atoms with Gasteiger partial charge in [0, 0.05) is 11.9 Å². The molecule has 0 aliphatic carbocycles. The predicted molar refractivity (Wildman–Crippen MR) is 89.2 cm³/mol. The summed E-state index contributed by atoms with van der Waals surface area (Å²) in [5.74, 6) is 0.468. The molecular weight excluding hydrogens is 344 g/mol. The van der Waals surface area contributed by atoms with Gasteiger partial charge in [0.05, 0.1) is 20.5 Å². The molecule has 3 aromatic rings. The predicted octanol–water partition coefficient (Wildman–Crippen LogP) is 5.27. The SMILES string of the molecule is Cc1sc(-c2nc(-c3c(F)cccc3Cl)nn2C)c(C)c1Cl. The monoisotopic (exact) mass is 355 g/mol. The van der Waals surface area contributed by atoms with Crippen LogP contribution in [0.25, 0.3) is 22.1 Å². The second kappa shape index (κ2) is 5.65. The molecule has 0 unspecified atom stereocenters. The van der Waals surface area contributed by atoms with E-state index in [2.05, 4.69) is 10.1 Å². The van der Waals surface area contributed by atoms with Crippen molar-refractivity contribution in [3.05, 3.63) is 44.5 Å². The Balaban J connectivity index is 2.18. The van der Waals surface area contributed by atoms with E-state index in [0.29, 0.717) is 5.82 Å². The molecule has 0 aliphatic rings. The smallest absolute Gasteiger partial charge is 0.186 e. The van der Waals surface area contributed by atoms with Crippen LogP contribution in [0.2, 0.25) is 10.0 Å². The van der Waals surface area contributed by atoms with E-state index in [1.165, 1.54) is 6.07 Å².